The summed E-state index contributed by atoms with van der Waals surface area (Å²) in [6.45, 7) is 2.40. The first kappa shape index (κ1) is 16.8. The van der Waals surface area contributed by atoms with Crippen molar-refractivity contribution in [3.63, 3.8) is 0 Å². The summed E-state index contributed by atoms with van der Waals surface area (Å²) in [6, 6.07) is 7.31. The fourth-order valence-electron chi connectivity index (χ4n) is 6.11. The largest absolute Gasteiger partial charge is 0.277 e. The van der Waals surface area contributed by atoms with Crippen molar-refractivity contribution in [1.82, 2.24) is 15.0 Å². The van der Waals surface area contributed by atoms with Crippen LogP contribution in [0.4, 0.5) is 5.95 Å². The number of hydrogen-bond acceptors (Lipinski definition) is 4. The molecule has 0 radical (unpaired) electrons. The van der Waals surface area contributed by atoms with Gasteiger partial charge in [-0.05, 0) is 74.8 Å². The molecule has 27 heavy (non-hydrogen) atoms. The van der Waals surface area contributed by atoms with Crippen LogP contribution in [-0.2, 0) is 11.3 Å². The second-order valence-corrected chi connectivity index (χ2v) is 8.57. The highest BCUT2D eigenvalue weighted by atomic mass is 16.2. The van der Waals surface area contributed by atoms with Crippen LogP contribution < -0.4 is 16.4 Å². The lowest BCUT2D eigenvalue weighted by Gasteiger charge is -2.53. The van der Waals surface area contributed by atoms with Crippen LogP contribution in [0.15, 0.2) is 29.1 Å². The van der Waals surface area contributed by atoms with Crippen molar-refractivity contribution in [1.29, 1.82) is 0 Å². The Bertz CT molecular complexity index is 923. The Kier molecular flexibility index (Phi) is 3.95. The lowest BCUT2D eigenvalue weighted by atomic mass is 9.52. The Labute approximate surface area is 158 Å². The summed E-state index contributed by atoms with van der Waals surface area (Å²) in [5.74, 6) is 3.32. The molecule has 142 valence electrons. The molecular weight excluding hydrogens is 340 g/mol. The molecule has 6 heteroatoms. The van der Waals surface area contributed by atoms with Gasteiger partial charge in [0.15, 0.2) is 0 Å². The van der Waals surface area contributed by atoms with Crippen LogP contribution in [-0.4, -0.2) is 15.5 Å². The third-order valence-corrected chi connectivity index (χ3v) is 7.00. The molecule has 1 heterocycles. The molecule has 1 amide bonds. The van der Waals surface area contributed by atoms with E-state index in [0.29, 0.717) is 35.2 Å². The SMILES string of the molecule is CCn1c(NNC(=O)C2C3CC4CC(C3)CC2C4)nc2ccccc2c1=O. The van der Waals surface area contributed by atoms with Crippen LogP contribution in [0.3, 0.4) is 0 Å². The fourth-order valence-corrected chi connectivity index (χ4v) is 6.11. The molecule has 4 fully saturated rings. The van der Waals surface area contributed by atoms with Crippen molar-refractivity contribution in [2.75, 3.05) is 5.43 Å². The highest BCUT2D eigenvalue weighted by Gasteiger charge is 2.50. The first-order valence-electron chi connectivity index (χ1n) is 10.2. The van der Waals surface area contributed by atoms with Crippen LogP contribution in [0.1, 0.15) is 39.0 Å². The van der Waals surface area contributed by atoms with Gasteiger partial charge in [-0.1, -0.05) is 12.1 Å². The monoisotopic (exact) mass is 366 g/mol. The number of hydrogen-bond donors (Lipinski definition) is 2. The van der Waals surface area contributed by atoms with E-state index in [9.17, 15) is 9.59 Å². The number of para-hydroxylation sites is 1. The predicted molar refractivity (Wildman–Crippen MR) is 104 cm³/mol. The third kappa shape index (κ3) is 2.73. The molecule has 4 aliphatic carbocycles. The van der Waals surface area contributed by atoms with Crippen molar-refractivity contribution in [3.05, 3.63) is 34.6 Å². The summed E-state index contributed by atoms with van der Waals surface area (Å²) in [5.41, 5.74) is 6.39. The van der Waals surface area contributed by atoms with Crippen molar-refractivity contribution >= 4 is 22.8 Å². The third-order valence-electron chi connectivity index (χ3n) is 7.00. The minimum atomic E-state index is -0.0885. The van der Waals surface area contributed by atoms with E-state index in [1.54, 1.807) is 10.6 Å². The van der Waals surface area contributed by atoms with Gasteiger partial charge in [-0.3, -0.25) is 25.0 Å². The smallest absolute Gasteiger partial charge is 0.262 e. The Morgan fingerprint density at radius 1 is 1.11 bits per heavy atom. The fraction of sp³-hybridized carbons (Fsp3) is 0.571. The maximum Gasteiger partial charge on any atom is 0.262 e. The van der Waals surface area contributed by atoms with E-state index in [1.807, 2.05) is 25.1 Å². The molecule has 1 aromatic carbocycles. The molecule has 6 rings (SSSR count). The maximum absolute atomic E-state index is 13.0. The van der Waals surface area contributed by atoms with E-state index in [4.69, 9.17) is 0 Å². The van der Waals surface area contributed by atoms with Gasteiger partial charge < -0.3 is 0 Å². The van der Waals surface area contributed by atoms with E-state index < -0.39 is 0 Å². The highest BCUT2D eigenvalue weighted by Crippen LogP contribution is 2.56. The highest BCUT2D eigenvalue weighted by molar-refractivity contribution is 5.81. The molecule has 0 unspecified atom stereocenters. The van der Waals surface area contributed by atoms with Crippen LogP contribution in [0.2, 0.25) is 0 Å². The van der Waals surface area contributed by atoms with Gasteiger partial charge in [-0.25, -0.2) is 4.98 Å². The number of nitrogens with zero attached hydrogens (tertiary/aromatic N) is 2. The quantitative estimate of drug-likeness (QED) is 0.816. The lowest BCUT2D eigenvalue weighted by Crippen LogP contribution is -2.52. The van der Waals surface area contributed by atoms with Gasteiger partial charge in [-0.15, -0.1) is 0 Å². The van der Waals surface area contributed by atoms with Crippen LogP contribution in [0.5, 0.6) is 0 Å². The molecule has 2 N–H and O–H groups in total. The number of aromatic nitrogens is 2. The number of benzene rings is 1. The molecular formula is C21H26N4O2. The average Bonchev–Trinajstić information content (AvgIpc) is 2.65. The van der Waals surface area contributed by atoms with E-state index in [-0.39, 0.29) is 17.4 Å². The Hall–Kier alpha value is -2.37. The standard InChI is InChI=1S/C21H26N4O2/c1-2-25-20(27)16-5-3-4-6-17(16)22-21(25)24-23-19(26)18-14-8-12-7-13(10-14)11-15(18)9-12/h3-6,12-15,18H,2,7-11H2,1H3,(H,22,24)(H,23,26). The maximum atomic E-state index is 13.0. The van der Waals surface area contributed by atoms with Gasteiger partial charge in [0.25, 0.3) is 5.56 Å². The number of carbonyl (C=O) groups excluding carboxylic acids is 1. The first-order valence-corrected chi connectivity index (χ1v) is 10.2. The van der Waals surface area contributed by atoms with Crippen molar-refractivity contribution in [2.45, 2.75) is 45.6 Å². The Balaban J connectivity index is 1.37. The van der Waals surface area contributed by atoms with Crippen molar-refractivity contribution < 1.29 is 4.79 Å². The first-order chi connectivity index (χ1) is 13.1. The van der Waals surface area contributed by atoms with Crippen molar-refractivity contribution in [2.24, 2.45) is 29.6 Å². The topological polar surface area (TPSA) is 76.0 Å². The number of amides is 1. The Morgan fingerprint density at radius 3 is 2.44 bits per heavy atom. The molecule has 4 aliphatic rings. The van der Waals surface area contributed by atoms with Crippen LogP contribution in [0.25, 0.3) is 10.9 Å². The minimum Gasteiger partial charge on any atom is -0.277 e. The zero-order valence-electron chi connectivity index (χ0n) is 15.6. The number of rotatable bonds is 4. The minimum absolute atomic E-state index is 0.0638. The molecule has 4 saturated carbocycles. The van der Waals surface area contributed by atoms with Gasteiger partial charge >= 0.3 is 0 Å². The number of anilines is 1. The van der Waals surface area contributed by atoms with E-state index in [1.165, 1.54) is 32.1 Å². The number of nitrogens with one attached hydrogen (secondary N) is 2. The van der Waals surface area contributed by atoms with Crippen molar-refractivity contribution in [3.8, 4) is 0 Å². The van der Waals surface area contributed by atoms with Gasteiger partial charge in [0.1, 0.15) is 0 Å². The van der Waals surface area contributed by atoms with E-state index in [2.05, 4.69) is 15.8 Å². The zero-order valence-corrected chi connectivity index (χ0v) is 15.6. The number of carbonyl (C=O) groups is 1. The summed E-state index contributed by atoms with van der Waals surface area (Å²) < 4.78 is 1.57. The average molecular weight is 366 g/mol. The van der Waals surface area contributed by atoms with E-state index in [0.717, 1.165) is 11.8 Å². The molecule has 0 saturated heterocycles. The summed E-state index contributed by atoms with van der Waals surface area (Å²) in [6.07, 6.45) is 6.21. The Morgan fingerprint density at radius 2 is 1.78 bits per heavy atom. The molecule has 2 aromatic rings. The van der Waals surface area contributed by atoms with Gasteiger partial charge in [0, 0.05) is 12.5 Å². The second-order valence-electron chi connectivity index (χ2n) is 8.57. The number of fused-ring (bicyclic) bond motifs is 1. The second kappa shape index (κ2) is 6.36. The molecule has 6 nitrogen and oxygen atoms in total. The normalized spacial score (nSPS) is 31.2. The number of hydrazine groups is 1. The van der Waals surface area contributed by atoms with E-state index >= 15 is 0 Å². The van der Waals surface area contributed by atoms with Gasteiger partial charge in [0.05, 0.1) is 10.9 Å². The molecule has 0 aliphatic heterocycles. The molecule has 0 atom stereocenters. The van der Waals surface area contributed by atoms with Crippen LogP contribution in [0, 0.1) is 29.6 Å². The zero-order chi connectivity index (χ0) is 18.5. The molecule has 1 aromatic heterocycles. The van der Waals surface area contributed by atoms with Crippen LogP contribution >= 0.6 is 0 Å². The van der Waals surface area contributed by atoms with Gasteiger partial charge in [0.2, 0.25) is 11.9 Å². The summed E-state index contributed by atoms with van der Waals surface area (Å²) >= 11 is 0. The molecule has 0 spiro atoms. The van der Waals surface area contributed by atoms with Gasteiger partial charge in [-0.2, -0.15) is 0 Å². The molecule has 4 bridgehead atoms. The lowest BCUT2D eigenvalue weighted by molar-refractivity contribution is -0.137. The summed E-state index contributed by atoms with van der Waals surface area (Å²) in [7, 11) is 0. The predicted octanol–water partition coefficient (Wildman–Crippen LogP) is 2.93. The summed E-state index contributed by atoms with van der Waals surface area (Å²) in [4.78, 5) is 30.2. The summed E-state index contributed by atoms with van der Waals surface area (Å²) in [5, 5.41) is 0.595.